The molecular weight excluding hydrogens is 380 g/mol. The third-order valence-corrected chi connectivity index (χ3v) is 5.33. The molecule has 0 aliphatic rings. The first-order valence-electron chi connectivity index (χ1n) is 8.51. The highest BCUT2D eigenvalue weighted by Gasteiger charge is 2.09. The molecule has 3 rings (SSSR count). The molecule has 138 valence electrons. The van der Waals surface area contributed by atoms with Crippen LogP contribution in [0.1, 0.15) is 5.56 Å². The van der Waals surface area contributed by atoms with Gasteiger partial charge in [-0.2, -0.15) is 0 Å². The maximum Gasteiger partial charge on any atom is 0.239 e. The Morgan fingerprint density at radius 3 is 2.37 bits per heavy atom. The van der Waals surface area contributed by atoms with Crippen molar-refractivity contribution in [1.82, 2.24) is 10.6 Å². The molecule has 0 saturated carbocycles. The second-order valence-electron chi connectivity index (χ2n) is 5.92. The van der Waals surface area contributed by atoms with Crippen LogP contribution in [0.25, 0.3) is 10.8 Å². The van der Waals surface area contributed by atoms with Gasteiger partial charge in [-0.15, -0.1) is 11.8 Å². The van der Waals surface area contributed by atoms with E-state index in [1.165, 1.54) is 11.8 Å². The van der Waals surface area contributed by atoms with Crippen molar-refractivity contribution in [3.05, 3.63) is 77.3 Å². The second kappa shape index (κ2) is 9.44. The fourth-order valence-corrected chi connectivity index (χ4v) is 3.89. The minimum Gasteiger partial charge on any atom is -0.350 e. The Bertz CT molecular complexity index is 942. The zero-order valence-corrected chi connectivity index (χ0v) is 16.1. The molecule has 3 aromatic rings. The van der Waals surface area contributed by atoms with E-state index in [2.05, 4.69) is 10.6 Å². The Morgan fingerprint density at radius 1 is 0.852 bits per heavy atom. The summed E-state index contributed by atoms with van der Waals surface area (Å²) in [6.45, 7) is 0.404. The van der Waals surface area contributed by atoms with E-state index >= 15 is 0 Å². The van der Waals surface area contributed by atoms with E-state index in [0.717, 1.165) is 21.2 Å². The summed E-state index contributed by atoms with van der Waals surface area (Å²) in [7, 11) is 0. The average Bonchev–Trinajstić information content (AvgIpc) is 2.70. The molecule has 0 spiro atoms. The summed E-state index contributed by atoms with van der Waals surface area (Å²) >= 11 is 7.70. The minimum atomic E-state index is -0.217. The maximum atomic E-state index is 12.1. The highest BCUT2D eigenvalue weighted by molar-refractivity contribution is 8.00. The molecule has 0 heterocycles. The largest absolute Gasteiger partial charge is 0.350 e. The summed E-state index contributed by atoms with van der Waals surface area (Å²) in [6, 6.07) is 21.2. The molecule has 3 aromatic carbocycles. The minimum absolute atomic E-state index is 0.0392. The highest BCUT2D eigenvalue weighted by Crippen LogP contribution is 2.32. The smallest absolute Gasteiger partial charge is 0.239 e. The molecule has 27 heavy (non-hydrogen) atoms. The van der Waals surface area contributed by atoms with E-state index < -0.39 is 0 Å². The van der Waals surface area contributed by atoms with Crippen LogP contribution in [0.4, 0.5) is 0 Å². The predicted octanol–water partition coefficient (Wildman–Crippen LogP) is 4.02. The Balaban J connectivity index is 1.47. The highest BCUT2D eigenvalue weighted by atomic mass is 35.5. The van der Waals surface area contributed by atoms with Crippen LogP contribution >= 0.6 is 23.4 Å². The van der Waals surface area contributed by atoms with Gasteiger partial charge in [0.05, 0.1) is 12.3 Å². The molecule has 0 saturated heterocycles. The number of carbonyl (C=O) groups is 2. The van der Waals surface area contributed by atoms with Gasteiger partial charge >= 0.3 is 0 Å². The van der Waals surface area contributed by atoms with Gasteiger partial charge in [0, 0.05) is 21.8 Å². The lowest BCUT2D eigenvalue weighted by atomic mass is 10.1. The van der Waals surface area contributed by atoms with E-state index in [1.807, 2.05) is 66.7 Å². The van der Waals surface area contributed by atoms with Crippen LogP contribution in [-0.4, -0.2) is 24.1 Å². The lowest BCUT2D eigenvalue weighted by molar-refractivity contribution is -0.124. The number of fused-ring (bicyclic) bond motifs is 1. The van der Waals surface area contributed by atoms with E-state index in [1.54, 1.807) is 0 Å². The number of hydrogen-bond donors (Lipinski definition) is 2. The molecular formula is C21H19ClN2O2S. The van der Waals surface area contributed by atoms with Crippen molar-refractivity contribution in [3.8, 4) is 0 Å². The average molecular weight is 399 g/mol. The van der Waals surface area contributed by atoms with Gasteiger partial charge in [-0.1, -0.05) is 66.2 Å². The van der Waals surface area contributed by atoms with Gasteiger partial charge in [0.15, 0.2) is 0 Å². The Hall–Kier alpha value is -2.50. The van der Waals surface area contributed by atoms with Gasteiger partial charge in [-0.05, 0) is 23.1 Å². The van der Waals surface area contributed by atoms with Gasteiger partial charge in [-0.25, -0.2) is 0 Å². The molecule has 0 unspecified atom stereocenters. The zero-order chi connectivity index (χ0) is 19.1. The molecule has 6 heteroatoms. The fraction of sp³-hybridized carbons (Fsp3) is 0.143. The van der Waals surface area contributed by atoms with Crippen molar-refractivity contribution >= 4 is 45.9 Å². The van der Waals surface area contributed by atoms with E-state index in [-0.39, 0.29) is 24.1 Å². The van der Waals surface area contributed by atoms with E-state index in [4.69, 9.17) is 11.6 Å². The first-order valence-corrected chi connectivity index (χ1v) is 9.87. The van der Waals surface area contributed by atoms with Gasteiger partial charge in [-0.3, -0.25) is 9.59 Å². The molecule has 0 aliphatic heterocycles. The number of nitrogens with one attached hydrogen (secondary N) is 2. The number of rotatable bonds is 7. The van der Waals surface area contributed by atoms with Crippen molar-refractivity contribution in [2.24, 2.45) is 0 Å². The van der Waals surface area contributed by atoms with Gasteiger partial charge in [0.25, 0.3) is 0 Å². The molecule has 0 bridgehead atoms. The fourth-order valence-electron chi connectivity index (χ4n) is 2.61. The maximum absolute atomic E-state index is 12.1. The molecule has 0 radical (unpaired) electrons. The summed E-state index contributed by atoms with van der Waals surface area (Å²) in [5, 5.41) is 8.07. The summed E-state index contributed by atoms with van der Waals surface area (Å²) in [5.41, 5.74) is 1.01. The summed E-state index contributed by atoms with van der Waals surface area (Å²) < 4.78 is 0. The van der Waals surface area contributed by atoms with Gasteiger partial charge in [0.2, 0.25) is 11.8 Å². The van der Waals surface area contributed by atoms with Crippen molar-refractivity contribution < 1.29 is 9.59 Å². The normalized spacial score (nSPS) is 10.6. The first kappa shape index (κ1) is 19.3. The molecule has 0 aromatic heterocycles. The summed E-state index contributed by atoms with van der Waals surface area (Å²) in [5.74, 6) is -0.194. The molecule has 4 nitrogen and oxygen atoms in total. The number of thioether (sulfide) groups is 1. The Morgan fingerprint density at radius 2 is 1.59 bits per heavy atom. The SMILES string of the molecule is O=C(CNC(=O)CSc1cccc2cccc(Cl)c12)NCc1ccccc1. The monoisotopic (exact) mass is 398 g/mol. The zero-order valence-electron chi connectivity index (χ0n) is 14.6. The van der Waals surface area contributed by atoms with Crippen molar-refractivity contribution in [1.29, 1.82) is 0 Å². The van der Waals surface area contributed by atoms with Gasteiger partial charge < -0.3 is 10.6 Å². The van der Waals surface area contributed by atoms with Crippen LogP contribution in [0, 0.1) is 0 Å². The standard InChI is InChI=1S/C21H19ClN2O2S/c22-17-10-4-8-16-9-5-11-18(21(16)17)27-14-20(26)24-13-19(25)23-12-15-6-2-1-3-7-15/h1-11H,12-14H2,(H,23,25)(H,24,26). The van der Waals surface area contributed by atoms with Gasteiger partial charge in [0.1, 0.15) is 0 Å². The summed E-state index contributed by atoms with van der Waals surface area (Å²) in [4.78, 5) is 24.9. The molecule has 0 atom stereocenters. The molecule has 0 fully saturated rings. The van der Waals surface area contributed by atoms with E-state index in [9.17, 15) is 9.59 Å². The number of benzene rings is 3. The lowest BCUT2D eigenvalue weighted by Gasteiger charge is -2.09. The van der Waals surface area contributed by atoms with Crippen molar-refractivity contribution in [2.75, 3.05) is 12.3 Å². The number of amides is 2. The third-order valence-electron chi connectivity index (χ3n) is 3.95. The summed E-state index contributed by atoms with van der Waals surface area (Å²) in [6.07, 6.45) is 0. The number of halogens is 1. The Kier molecular flexibility index (Phi) is 6.74. The first-order chi connectivity index (χ1) is 13.1. The second-order valence-corrected chi connectivity index (χ2v) is 7.35. The number of carbonyl (C=O) groups excluding carboxylic acids is 2. The van der Waals surface area contributed by atoms with Crippen molar-refractivity contribution in [3.63, 3.8) is 0 Å². The van der Waals surface area contributed by atoms with Crippen LogP contribution in [0.3, 0.4) is 0 Å². The van der Waals surface area contributed by atoms with Crippen LogP contribution in [0.2, 0.25) is 5.02 Å². The predicted molar refractivity (Wildman–Crippen MR) is 111 cm³/mol. The van der Waals surface area contributed by atoms with Crippen LogP contribution in [0.5, 0.6) is 0 Å². The Labute approximate surface area is 167 Å². The van der Waals surface area contributed by atoms with Crippen molar-refractivity contribution in [2.45, 2.75) is 11.4 Å². The quantitative estimate of drug-likeness (QED) is 0.591. The molecule has 0 aliphatic carbocycles. The molecule has 2 amide bonds. The number of hydrogen-bond acceptors (Lipinski definition) is 3. The molecule has 2 N–H and O–H groups in total. The van der Waals surface area contributed by atoms with E-state index in [0.29, 0.717) is 11.6 Å². The van der Waals surface area contributed by atoms with Crippen LogP contribution in [-0.2, 0) is 16.1 Å². The lowest BCUT2D eigenvalue weighted by Crippen LogP contribution is -2.37. The van der Waals surface area contributed by atoms with Crippen LogP contribution < -0.4 is 10.6 Å². The topological polar surface area (TPSA) is 58.2 Å². The third kappa shape index (κ3) is 5.49. The van der Waals surface area contributed by atoms with Crippen LogP contribution in [0.15, 0.2) is 71.6 Å².